The van der Waals surface area contributed by atoms with Gasteiger partial charge in [-0.1, -0.05) is 0 Å². The molecular weight excluding hydrogens is 216 g/mol. The summed E-state index contributed by atoms with van der Waals surface area (Å²) in [6.45, 7) is 0. The average Bonchev–Trinajstić information content (AvgIpc) is 2.39. The highest BCUT2D eigenvalue weighted by Crippen LogP contribution is 2.39. The molecule has 0 N–H and O–H groups in total. The third kappa shape index (κ3) is 3.08. The van der Waals surface area contributed by atoms with Crippen LogP contribution in [0.3, 0.4) is 0 Å². The summed E-state index contributed by atoms with van der Waals surface area (Å²) < 4.78 is 4.80. The minimum atomic E-state index is -0.0396. The highest BCUT2D eigenvalue weighted by Gasteiger charge is 2.32. The van der Waals surface area contributed by atoms with E-state index in [-0.39, 0.29) is 11.9 Å². The van der Waals surface area contributed by atoms with E-state index in [0.717, 1.165) is 63.2 Å². The summed E-state index contributed by atoms with van der Waals surface area (Å²) in [7, 11) is 1.47. The minimum Gasteiger partial charge on any atom is -0.469 e. The SMILES string of the molecule is COC(=O)C1CCC(C2CCC(=O)CC2)CC1. The first-order valence-electron chi connectivity index (χ1n) is 6.80. The first kappa shape index (κ1) is 12.6. The van der Waals surface area contributed by atoms with E-state index in [1.54, 1.807) is 0 Å². The molecule has 0 aliphatic heterocycles. The molecule has 0 heterocycles. The molecule has 0 amide bonds. The lowest BCUT2D eigenvalue weighted by molar-refractivity contribution is -0.147. The second kappa shape index (κ2) is 5.65. The Balaban J connectivity index is 1.79. The van der Waals surface area contributed by atoms with E-state index in [2.05, 4.69) is 0 Å². The van der Waals surface area contributed by atoms with Crippen LogP contribution >= 0.6 is 0 Å². The molecule has 0 atom stereocenters. The lowest BCUT2D eigenvalue weighted by atomic mass is 9.71. The van der Waals surface area contributed by atoms with Gasteiger partial charge in [0, 0.05) is 12.8 Å². The summed E-state index contributed by atoms with van der Waals surface area (Å²) in [5, 5.41) is 0. The van der Waals surface area contributed by atoms with Crippen molar-refractivity contribution in [3.05, 3.63) is 0 Å². The van der Waals surface area contributed by atoms with Crippen molar-refractivity contribution in [1.82, 2.24) is 0 Å². The minimum absolute atomic E-state index is 0.0396. The van der Waals surface area contributed by atoms with Gasteiger partial charge in [0.15, 0.2) is 0 Å². The molecule has 2 fully saturated rings. The predicted octanol–water partition coefficient (Wildman–Crippen LogP) is 2.73. The van der Waals surface area contributed by atoms with E-state index < -0.39 is 0 Å². The molecule has 2 aliphatic rings. The summed E-state index contributed by atoms with van der Waals surface area (Å²) in [4.78, 5) is 22.6. The van der Waals surface area contributed by atoms with Crippen LogP contribution in [0.2, 0.25) is 0 Å². The molecule has 0 aromatic carbocycles. The number of Topliss-reactive ketones (excluding diaryl/α,β-unsaturated/α-hetero) is 1. The molecule has 0 aromatic rings. The number of carbonyl (C=O) groups is 2. The average molecular weight is 238 g/mol. The summed E-state index contributed by atoms with van der Waals surface area (Å²) in [6.07, 6.45) is 7.93. The van der Waals surface area contributed by atoms with Gasteiger partial charge in [0.05, 0.1) is 13.0 Å². The van der Waals surface area contributed by atoms with Gasteiger partial charge < -0.3 is 4.74 Å². The number of hydrogen-bond acceptors (Lipinski definition) is 3. The van der Waals surface area contributed by atoms with E-state index >= 15 is 0 Å². The van der Waals surface area contributed by atoms with E-state index in [4.69, 9.17) is 4.74 Å². The highest BCUT2D eigenvalue weighted by atomic mass is 16.5. The van der Waals surface area contributed by atoms with Gasteiger partial charge in [-0.2, -0.15) is 0 Å². The van der Waals surface area contributed by atoms with Crippen molar-refractivity contribution in [1.29, 1.82) is 0 Å². The second-order valence-electron chi connectivity index (χ2n) is 5.51. The molecule has 3 heteroatoms. The van der Waals surface area contributed by atoms with Crippen LogP contribution in [0.15, 0.2) is 0 Å². The number of carbonyl (C=O) groups excluding carboxylic acids is 2. The van der Waals surface area contributed by atoms with Crippen molar-refractivity contribution >= 4 is 11.8 Å². The second-order valence-corrected chi connectivity index (χ2v) is 5.51. The zero-order chi connectivity index (χ0) is 12.3. The third-order valence-electron chi connectivity index (χ3n) is 4.56. The van der Waals surface area contributed by atoms with Crippen LogP contribution in [0.25, 0.3) is 0 Å². The van der Waals surface area contributed by atoms with Crippen molar-refractivity contribution in [2.75, 3.05) is 7.11 Å². The van der Waals surface area contributed by atoms with Gasteiger partial charge in [-0.25, -0.2) is 0 Å². The summed E-state index contributed by atoms with van der Waals surface area (Å²) in [6, 6.07) is 0. The molecule has 0 unspecified atom stereocenters. The number of hydrogen-bond donors (Lipinski definition) is 0. The van der Waals surface area contributed by atoms with Crippen LogP contribution in [-0.2, 0) is 14.3 Å². The molecule has 0 spiro atoms. The lowest BCUT2D eigenvalue weighted by Gasteiger charge is -2.34. The fourth-order valence-electron chi connectivity index (χ4n) is 3.43. The van der Waals surface area contributed by atoms with Crippen LogP contribution in [0.1, 0.15) is 51.4 Å². The Hall–Kier alpha value is -0.860. The van der Waals surface area contributed by atoms with E-state index in [9.17, 15) is 9.59 Å². The first-order chi connectivity index (χ1) is 8.20. The van der Waals surface area contributed by atoms with Crippen molar-refractivity contribution in [3.8, 4) is 0 Å². The quantitative estimate of drug-likeness (QED) is 0.695. The van der Waals surface area contributed by atoms with Gasteiger partial charge in [-0.15, -0.1) is 0 Å². The topological polar surface area (TPSA) is 43.4 Å². The Bertz CT molecular complexity index is 280. The van der Waals surface area contributed by atoms with Crippen LogP contribution in [-0.4, -0.2) is 18.9 Å². The summed E-state index contributed by atoms with van der Waals surface area (Å²) in [5.41, 5.74) is 0. The van der Waals surface area contributed by atoms with Gasteiger partial charge in [-0.05, 0) is 50.4 Å². The van der Waals surface area contributed by atoms with Gasteiger partial charge in [0.25, 0.3) is 0 Å². The number of ether oxygens (including phenoxy) is 1. The normalized spacial score (nSPS) is 31.2. The number of esters is 1. The monoisotopic (exact) mass is 238 g/mol. The molecule has 17 heavy (non-hydrogen) atoms. The maximum absolute atomic E-state index is 11.4. The van der Waals surface area contributed by atoms with Gasteiger partial charge >= 0.3 is 5.97 Å². The fourth-order valence-corrected chi connectivity index (χ4v) is 3.43. The maximum atomic E-state index is 11.4. The Labute approximate surface area is 103 Å². The molecule has 0 saturated heterocycles. The van der Waals surface area contributed by atoms with Gasteiger partial charge in [0.2, 0.25) is 0 Å². The molecule has 3 nitrogen and oxygen atoms in total. The van der Waals surface area contributed by atoms with E-state index in [1.165, 1.54) is 7.11 Å². The molecule has 2 rings (SSSR count). The zero-order valence-electron chi connectivity index (χ0n) is 10.6. The standard InChI is InChI=1S/C14H22O3/c1-17-14(16)12-4-2-10(3-5-12)11-6-8-13(15)9-7-11/h10-12H,2-9H2,1H3. The van der Waals surface area contributed by atoms with Crippen molar-refractivity contribution in [3.63, 3.8) is 0 Å². The smallest absolute Gasteiger partial charge is 0.308 e. The summed E-state index contributed by atoms with van der Waals surface area (Å²) in [5.74, 6) is 1.99. The molecule has 2 aliphatic carbocycles. The molecule has 2 saturated carbocycles. The van der Waals surface area contributed by atoms with Crippen molar-refractivity contribution in [2.24, 2.45) is 17.8 Å². The van der Waals surface area contributed by atoms with Crippen molar-refractivity contribution < 1.29 is 14.3 Å². The molecular formula is C14H22O3. The Morgan fingerprint density at radius 2 is 1.53 bits per heavy atom. The molecule has 0 aromatic heterocycles. The number of rotatable bonds is 2. The van der Waals surface area contributed by atoms with Gasteiger partial charge in [0.1, 0.15) is 5.78 Å². The van der Waals surface area contributed by atoms with Crippen LogP contribution in [0, 0.1) is 17.8 Å². The van der Waals surface area contributed by atoms with Crippen LogP contribution in [0.4, 0.5) is 0 Å². The molecule has 0 bridgehead atoms. The summed E-state index contributed by atoms with van der Waals surface area (Å²) >= 11 is 0. The Morgan fingerprint density at radius 3 is 2.06 bits per heavy atom. The number of ketones is 1. The zero-order valence-corrected chi connectivity index (χ0v) is 10.6. The maximum Gasteiger partial charge on any atom is 0.308 e. The van der Waals surface area contributed by atoms with E-state index in [1.807, 2.05) is 0 Å². The largest absolute Gasteiger partial charge is 0.469 e. The molecule has 0 radical (unpaired) electrons. The Kier molecular flexibility index (Phi) is 4.19. The molecule has 96 valence electrons. The first-order valence-corrected chi connectivity index (χ1v) is 6.80. The lowest BCUT2D eigenvalue weighted by Crippen LogP contribution is -2.28. The predicted molar refractivity (Wildman–Crippen MR) is 64.4 cm³/mol. The highest BCUT2D eigenvalue weighted by molar-refractivity contribution is 5.79. The van der Waals surface area contributed by atoms with Gasteiger partial charge in [-0.3, -0.25) is 9.59 Å². The van der Waals surface area contributed by atoms with Crippen molar-refractivity contribution in [2.45, 2.75) is 51.4 Å². The van der Waals surface area contributed by atoms with E-state index in [0.29, 0.717) is 5.78 Å². The Morgan fingerprint density at radius 1 is 1.00 bits per heavy atom. The third-order valence-corrected chi connectivity index (χ3v) is 4.56. The van der Waals surface area contributed by atoms with Crippen LogP contribution < -0.4 is 0 Å². The van der Waals surface area contributed by atoms with Crippen LogP contribution in [0.5, 0.6) is 0 Å². The number of methoxy groups -OCH3 is 1. The fraction of sp³-hybridized carbons (Fsp3) is 0.857.